The molecule has 3 rings (SSSR count). The Bertz CT molecular complexity index is 862. The Morgan fingerprint density at radius 2 is 1.83 bits per heavy atom. The molecule has 3 aromatic rings. The number of fused-ring (bicyclic) bond motifs is 1. The van der Waals surface area contributed by atoms with Crippen LogP contribution in [0.2, 0.25) is 0 Å². The number of aromatic amines is 1. The van der Waals surface area contributed by atoms with Crippen molar-refractivity contribution in [2.45, 2.75) is 19.5 Å². The summed E-state index contributed by atoms with van der Waals surface area (Å²) < 4.78 is 5.36. The van der Waals surface area contributed by atoms with E-state index in [1.54, 1.807) is 13.2 Å². The number of rotatable bonds is 5. The van der Waals surface area contributed by atoms with E-state index in [0.717, 1.165) is 23.0 Å². The van der Waals surface area contributed by atoms with Crippen LogP contribution < -0.4 is 15.6 Å². The van der Waals surface area contributed by atoms with Gasteiger partial charge in [-0.1, -0.05) is 36.4 Å². The van der Waals surface area contributed by atoms with Crippen molar-refractivity contribution in [1.82, 2.24) is 10.3 Å². The average molecular weight is 345 g/mol. The minimum absolute atomic E-state index is 0. The number of ether oxygens (including phenoxy) is 1. The van der Waals surface area contributed by atoms with Gasteiger partial charge < -0.3 is 15.0 Å². The maximum Gasteiger partial charge on any atom is 0.248 e. The second kappa shape index (κ2) is 7.99. The molecular weight excluding hydrogens is 324 g/mol. The highest BCUT2D eigenvalue weighted by Gasteiger charge is 2.12. The molecule has 0 aliphatic carbocycles. The standard InChI is InChI=1S/C19H20N2O2.ClH/c1-13(20-12-14-6-4-3-5-7-14)15-8-10-17(23-2)19-16(15)9-11-18(22)21-19;/h3-11,13,20H,12H2,1-2H3,(H,21,22);1H. The Labute approximate surface area is 147 Å². The third-order valence-electron chi connectivity index (χ3n) is 4.03. The molecule has 1 unspecified atom stereocenters. The van der Waals surface area contributed by atoms with Gasteiger partial charge in [0.25, 0.3) is 0 Å². The number of aromatic nitrogens is 1. The molecule has 1 heterocycles. The summed E-state index contributed by atoms with van der Waals surface area (Å²) in [4.78, 5) is 14.5. The molecule has 1 atom stereocenters. The highest BCUT2D eigenvalue weighted by atomic mass is 35.5. The zero-order chi connectivity index (χ0) is 16.2. The van der Waals surface area contributed by atoms with Crippen molar-refractivity contribution in [3.63, 3.8) is 0 Å². The minimum atomic E-state index is -0.127. The first-order valence-electron chi connectivity index (χ1n) is 7.66. The van der Waals surface area contributed by atoms with E-state index in [1.807, 2.05) is 36.4 Å². The fourth-order valence-electron chi connectivity index (χ4n) is 2.77. The molecule has 0 saturated carbocycles. The number of H-pyrrole nitrogens is 1. The number of hydrogen-bond acceptors (Lipinski definition) is 3. The highest BCUT2D eigenvalue weighted by Crippen LogP contribution is 2.29. The van der Waals surface area contributed by atoms with Crippen LogP contribution in [0, 0.1) is 0 Å². The van der Waals surface area contributed by atoms with Gasteiger partial charge in [0, 0.05) is 24.0 Å². The molecule has 126 valence electrons. The fraction of sp³-hybridized carbons (Fsp3) is 0.211. The van der Waals surface area contributed by atoms with Crippen LogP contribution in [0.15, 0.2) is 59.4 Å². The van der Waals surface area contributed by atoms with E-state index in [4.69, 9.17) is 4.74 Å². The molecule has 0 radical (unpaired) electrons. The summed E-state index contributed by atoms with van der Waals surface area (Å²) >= 11 is 0. The largest absolute Gasteiger partial charge is 0.495 e. The highest BCUT2D eigenvalue weighted by molar-refractivity contribution is 5.87. The molecule has 2 aromatic carbocycles. The number of nitrogens with one attached hydrogen (secondary N) is 2. The number of benzene rings is 2. The number of methoxy groups -OCH3 is 1. The smallest absolute Gasteiger partial charge is 0.248 e. The molecule has 0 aliphatic heterocycles. The molecule has 1 aromatic heterocycles. The van der Waals surface area contributed by atoms with E-state index in [2.05, 4.69) is 29.4 Å². The lowest BCUT2D eigenvalue weighted by Gasteiger charge is -2.17. The van der Waals surface area contributed by atoms with Crippen molar-refractivity contribution in [2.24, 2.45) is 0 Å². The zero-order valence-electron chi connectivity index (χ0n) is 13.7. The third-order valence-corrected chi connectivity index (χ3v) is 4.03. The molecular formula is C19H21ClN2O2. The summed E-state index contributed by atoms with van der Waals surface area (Å²) in [6.07, 6.45) is 0. The molecule has 2 N–H and O–H groups in total. The van der Waals surface area contributed by atoms with E-state index >= 15 is 0 Å². The Balaban J connectivity index is 0.00000208. The minimum Gasteiger partial charge on any atom is -0.495 e. The maximum atomic E-state index is 11.6. The topological polar surface area (TPSA) is 54.1 Å². The quantitative estimate of drug-likeness (QED) is 0.740. The molecule has 5 heteroatoms. The van der Waals surface area contributed by atoms with Crippen molar-refractivity contribution < 1.29 is 4.74 Å². The van der Waals surface area contributed by atoms with Gasteiger partial charge in [-0.2, -0.15) is 0 Å². The molecule has 0 saturated heterocycles. The summed E-state index contributed by atoms with van der Waals surface area (Å²) in [7, 11) is 1.61. The van der Waals surface area contributed by atoms with Gasteiger partial charge in [0.2, 0.25) is 5.56 Å². The van der Waals surface area contributed by atoms with Gasteiger partial charge in [-0.05, 0) is 30.2 Å². The van der Waals surface area contributed by atoms with Crippen LogP contribution in [0.1, 0.15) is 24.1 Å². The van der Waals surface area contributed by atoms with Gasteiger partial charge in [0.15, 0.2) is 0 Å². The van der Waals surface area contributed by atoms with E-state index in [1.165, 1.54) is 5.56 Å². The van der Waals surface area contributed by atoms with Crippen molar-refractivity contribution in [2.75, 3.05) is 7.11 Å². The van der Waals surface area contributed by atoms with Crippen LogP contribution in [0.25, 0.3) is 10.9 Å². The number of halogens is 1. The van der Waals surface area contributed by atoms with Crippen molar-refractivity contribution in [3.8, 4) is 5.75 Å². The van der Waals surface area contributed by atoms with Crippen molar-refractivity contribution in [1.29, 1.82) is 0 Å². The Hall–Kier alpha value is -2.30. The van der Waals surface area contributed by atoms with E-state index in [9.17, 15) is 4.79 Å². The molecule has 0 spiro atoms. The first-order valence-corrected chi connectivity index (χ1v) is 7.66. The monoisotopic (exact) mass is 344 g/mol. The van der Waals surface area contributed by atoms with Gasteiger partial charge in [0.05, 0.1) is 12.6 Å². The maximum absolute atomic E-state index is 11.6. The second-order valence-electron chi connectivity index (χ2n) is 5.56. The average Bonchev–Trinajstić information content (AvgIpc) is 2.59. The van der Waals surface area contributed by atoms with E-state index < -0.39 is 0 Å². The Morgan fingerprint density at radius 3 is 2.54 bits per heavy atom. The zero-order valence-corrected chi connectivity index (χ0v) is 14.5. The van der Waals surface area contributed by atoms with Crippen LogP contribution in [-0.2, 0) is 6.54 Å². The fourth-order valence-corrected chi connectivity index (χ4v) is 2.77. The second-order valence-corrected chi connectivity index (χ2v) is 5.56. The van der Waals surface area contributed by atoms with Gasteiger partial charge in [-0.3, -0.25) is 4.79 Å². The normalized spacial score (nSPS) is 11.8. The van der Waals surface area contributed by atoms with Crippen LogP contribution in [0.3, 0.4) is 0 Å². The van der Waals surface area contributed by atoms with Gasteiger partial charge in [0.1, 0.15) is 5.75 Å². The lowest BCUT2D eigenvalue weighted by atomic mass is 10.0. The Kier molecular flexibility index (Phi) is 6.01. The summed E-state index contributed by atoms with van der Waals surface area (Å²) in [5.74, 6) is 0.678. The van der Waals surface area contributed by atoms with E-state index in [0.29, 0.717) is 5.75 Å². The number of pyridine rings is 1. The van der Waals surface area contributed by atoms with Crippen molar-refractivity contribution >= 4 is 23.3 Å². The van der Waals surface area contributed by atoms with Gasteiger partial charge in [-0.25, -0.2) is 0 Å². The lowest BCUT2D eigenvalue weighted by molar-refractivity contribution is 0.418. The molecule has 0 fully saturated rings. The third kappa shape index (κ3) is 3.78. The predicted octanol–water partition coefficient (Wildman–Crippen LogP) is 3.81. The lowest BCUT2D eigenvalue weighted by Crippen LogP contribution is -2.18. The summed E-state index contributed by atoms with van der Waals surface area (Å²) in [5, 5.41) is 4.52. The molecule has 0 aliphatic rings. The van der Waals surface area contributed by atoms with Gasteiger partial charge in [-0.15, -0.1) is 12.4 Å². The predicted molar refractivity (Wildman–Crippen MR) is 100 cm³/mol. The van der Waals surface area contributed by atoms with Crippen LogP contribution >= 0.6 is 12.4 Å². The SMILES string of the molecule is COc1ccc(C(C)NCc2ccccc2)c2ccc(=O)[nH]c12.Cl. The summed E-state index contributed by atoms with van der Waals surface area (Å²) in [6, 6.07) is 17.8. The molecule has 0 bridgehead atoms. The summed E-state index contributed by atoms with van der Waals surface area (Å²) in [5.41, 5.74) is 2.99. The first-order chi connectivity index (χ1) is 11.2. The van der Waals surface area contributed by atoms with E-state index in [-0.39, 0.29) is 24.0 Å². The first kappa shape index (κ1) is 18.0. The van der Waals surface area contributed by atoms with Crippen molar-refractivity contribution in [3.05, 3.63) is 76.1 Å². The van der Waals surface area contributed by atoms with Crippen LogP contribution in [0.5, 0.6) is 5.75 Å². The number of hydrogen-bond donors (Lipinski definition) is 2. The molecule has 24 heavy (non-hydrogen) atoms. The molecule has 4 nitrogen and oxygen atoms in total. The summed E-state index contributed by atoms with van der Waals surface area (Å²) in [6.45, 7) is 2.91. The van der Waals surface area contributed by atoms with Crippen LogP contribution in [0.4, 0.5) is 0 Å². The van der Waals surface area contributed by atoms with Gasteiger partial charge >= 0.3 is 0 Å². The van der Waals surface area contributed by atoms with Crippen LogP contribution in [-0.4, -0.2) is 12.1 Å². The molecule has 0 amide bonds. The Morgan fingerprint density at radius 1 is 1.08 bits per heavy atom.